The van der Waals surface area contributed by atoms with Gasteiger partial charge in [0.1, 0.15) is 0 Å². The molecule has 3 aliphatic rings. The summed E-state index contributed by atoms with van der Waals surface area (Å²) in [4.78, 5) is 7.41. The van der Waals surface area contributed by atoms with Crippen molar-refractivity contribution in [2.45, 2.75) is 45.4 Å². The van der Waals surface area contributed by atoms with Crippen molar-refractivity contribution in [3.8, 4) is 0 Å². The van der Waals surface area contributed by atoms with Gasteiger partial charge in [-0.1, -0.05) is 6.42 Å². The lowest BCUT2D eigenvalue weighted by molar-refractivity contribution is 0.0376. The zero-order valence-corrected chi connectivity index (χ0v) is 17.5. The zero-order chi connectivity index (χ0) is 16.0. The van der Waals surface area contributed by atoms with Gasteiger partial charge in [0.25, 0.3) is 0 Å². The lowest BCUT2D eigenvalue weighted by Crippen LogP contribution is -2.42. The molecule has 0 bridgehead atoms. The molecule has 24 heavy (non-hydrogen) atoms. The van der Waals surface area contributed by atoms with Gasteiger partial charge in [-0.25, -0.2) is 0 Å². The molecule has 0 aromatic rings. The van der Waals surface area contributed by atoms with Crippen molar-refractivity contribution in [2.75, 3.05) is 52.5 Å². The highest BCUT2D eigenvalue weighted by Crippen LogP contribution is 2.57. The van der Waals surface area contributed by atoms with Crippen LogP contribution in [-0.4, -0.2) is 63.3 Å². The van der Waals surface area contributed by atoms with E-state index in [0.717, 1.165) is 70.8 Å². The van der Waals surface area contributed by atoms with E-state index in [-0.39, 0.29) is 24.0 Å². The van der Waals surface area contributed by atoms with E-state index in [2.05, 4.69) is 22.5 Å². The quantitative estimate of drug-likeness (QED) is 0.258. The van der Waals surface area contributed by atoms with E-state index in [1.54, 1.807) is 0 Å². The van der Waals surface area contributed by atoms with E-state index < -0.39 is 0 Å². The number of hydrogen-bond acceptors (Lipinski definition) is 3. The molecule has 2 aliphatic carbocycles. The number of ether oxygens (including phenoxy) is 1. The van der Waals surface area contributed by atoms with Crippen molar-refractivity contribution >= 4 is 29.9 Å². The molecule has 5 nitrogen and oxygen atoms in total. The molecule has 6 heteroatoms. The van der Waals surface area contributed by atoms with E-state index in [1.807, 2.05) is 0 Å². The maximum absolute atomic E-state index is 5.39. The Kier molecular flexibility index (Phi) is 8.57. The van der Waals surface area contributed by atoms with Crippen LogP contribution in [0.4, 0.5) is 0 Å². The SMILES string of the molecule is CCNC(=NCC1(C2CC2)CCC1)NCCCN1CCOCC1.I. The third kappa shape index (κ3) is 5.73. The van der Waals surface area contributed by atoms with Crippen molar-refractivity contribution < 1.29 is 4.74 Å². The Hall–Kier alpha value is -0.0800. The first-order valence-corrected chi connectivity index (χ1v) is 9.65. The van der Waals surface area contributed by atoms with E-state index in [0.29, 0.717) is 5.41 Å². The molecule has 0 unspecified atom stereocenters. The van der Waals surface area contributed by atoms with Gasteiger partial charge in [-0.2, -0.15) is 0 Å². The van der Waals surface area contributed by atoms with E-state index in [1.165, 1.54) is 32.1 Å². The topological polar surface area (TPSA) is 48.9 Å². The molecule has 0 radical (unpaired) electrons. The fraction of sp³-hybridized carbons (Fsp3) is 0.944. The summed E-state index contributed by atoms with van der Waals surface area (Å²) in [5.41, 5.74) is 0.566. The summed E-state index contributed by atoms with van der Waals surface area (Å²) in [6, 6.07) is 0. The summed E-state index contributed by atoms with van der Waals surface area (Å²) in [5.74, 6) is 1.99. The van der Waals surface area contributed by atoms with Crippen molar-refractivity contribution in [3.63, 3.8) is 0 Å². The Morgan fingerprint density at radius 1 is 1.21 bits per heavy atom. The third-order valence-corrected chi connectivity index (χ3v) is 5.74. The molecule has 1 heterocycles. The molecule has 0 aromatic heterocycles. The molecule has 1 saturated heterocycles. The van der Waals surface area contributed by atoms with Crippen LogP contribution in [0, 0.1) is 11.3 Å². The van der Waals surface area contributed by atoms with Crippen LogP contribution in [-0.2, 0) is 4.74 Å². The molecule has 2 saturated carbocycles. The smallest absolute Gasteiger partial charge is 0.191 e. The molecule has 0 spiro atoms. The molecule has 0 aromatic carbocycles. The summed E-state index contributed by atoms with van der Waals surface area (Å²) in [6.45, 7) is 10.2. The molecule has 3 rings (SSSR count). The first-order valence-electron chi connectivity index (χ1n) is 9.65. The van der Waals surface area contributed by atoms with Crippen LogP contribution in [0.1, 0.15) is 45.4 Å². The Bertz CT molecular complexity index is 390. The van der Waals surface area contributed by atoms with Crippen LogP contribution in [0.25, 0.3) is 0 Å². The molecule has 0 amide bonds. The highest BCUT2D eigenvalue weighted by Gasteiger charge is 2.48. The third-order valence-electron chi connectivity index (χ3n) is 5.74. The fourth-order valence-electron chi connectivity index (χ4n) is 3.93. The minimum Gasteiger partial charge on any atom is -0.379 e. The average Bonchev–Trinajstić information content (AvgIpc) is 3.36. The van der Waals surface area contributed by atoms with Crippen molar-refractivity contribution in [1.82, 2.24) is 15.5 Å². The lowest BCUT2D eigenvalue weighted by atomic mass is 9.65. The Labute approximate surface area is 164 Å². The number of hydrogen-bond donors (Lipinski definition) is 2. The second kappa shape index (κ2) is 10.2. The van der Waals surface area contributed by atoms with Crippen LogP contribution in [0.15, 0.2) is 4.99 Å². The van der Waals surface area contributed by atoms with E-state index in [4.69, 9.17) is 9.73 Å². The molecule has 3 fully saturated rings. The predicted molar refractivity (Wildman–Crippen MR) is 110 cm³/mol. The first kappa shape index (κ1) is 20.2. The molecule has 1 aliphatic heterocycles. The van der Waals surface area contributed by atoms with E-state index >= 15 is 0 Å². The number of rotatable bonds is 8. The zero-order valence-electron chi connectivity index (χ0n) is 15.2. The molecule has 140 valence electrons. The van der Waals surface area contributed by atoms with Crippen LogP contribution < -0.4 is 10.6 Å². The number of aliphatic imine (C=N–C) groups is 1. The van der Waals surface area contributed by atoms with Crippen LogP contribution >= 0.6 is 24.0 Å². The molecular formula is C18H35IN4O. The van der Waals surface area contributed by atoms with Crippen LogP contribution in [0.3, 0.4) is 0 Å². The van der Waals surface area contributed by atoms with Crippen LogP contribution in [0.5, 0.6) is 0 Å². The van der Waals surface area contributed by atoms with Crippen molar-refractivity contribution in [2.24, 2.45) is 16.3 Å². The summed E-state index contributed by atoms with van der Waals surface area (Å²) < 4.78 is 5.39. The lowest BCUT2D eigenvalue weighted by Gasteiger charge is -2.41. The normalized spacial score (nSPS) is 24.0. The van der Waals surface area contributed by atoms with Gasteiger partial charge in [-0.05, 0) is 56.9 Å². The monoisotopic (exact) mass is 450 g/mol. The molecule has 2 N–H and O–H groups in total. The largest absolute Gasteiger partial charge is 0.379 e. The minimum atomic E-state index is 0. The summed E-state index contributed by atoms with van der Waals surface area (Å²) in [7, 11) is 0. The maximum Gasteiger partial charge on any atom is 0.191 e. The number of halogens is 1. The van der Waals surface area contributed by atoms with E-state index in [9.17, 15) is 0 Å². The first-order chi connectivity index (χ1) is 11.3. The Morgan fingerprint density at radius 2 is 1.96 bits per heavy atom. The van der Waals surface area contributed by atoms with Gasteiger partial charge in [0.15, 0.2) is 5.96 Å². The summed E-state index contributed by atoms with van der Waals surface area (Å²) in [6.07, 6.45) is 8.26. The van der Waals surface area contributed by atoms with Gasteiger partial charge in [0.05, 0.1) is 13.2 Å². The second-order valence-electron chi connectivity index (χ2n) is 7.42. The minimum absolute atomic E-state index is 0. The highest BCUT2D eigenvalue weighted by atomic mass is 127. The maximum atomic E-state index is 5.39. The van der Waals surface area contributed by atoms with Gasteiger partial charge in [-0.3, -0.25) is 9.89 Å². The van der Waals surface area contributed by atoms with Gasteiger partial charge in [0.2, 0.25) is 0 Å². The van der Waals surface area contributed by atoms with Gasteiger partial charge < -0.3 is 15.4 Å². The molecular weight excluding hydrogens is 415 g/mol. The Balaban J connectivity index is 0.00000208. The Morgan fingerprint density at radius 3 is 2.54 bits per heavy atom. The number of nitrogens with one attached hydrogen (secondary N) is 2. The number of guanidine groups is 1. The van der Waals surface area contributed by atoms with Gasteiger partial charge in [-0.15, -0.1) is 24.0 Å². The average molecular weight is 450 g/mol. The number of nitrogens with zero attached hydrogens (tertiary/aromatic N) is 2. The molecule has 0 atom stereocenters. The standard InChI is InChI=1S/C18H34N4O.HI/c1-2-19-17(20-9-4-10-22-11-13-23-14-12-22)21-15-18(7-3-8-18)16-5-6-16;/h16H,2-15H2,1H3,(H2,19,20,21);1H. The fourth-order valence-corrected chi connectivity index (χ4v) is 3.93. The van der Waals surface area contributed by atoms with Gasteiger partial charge in [0, 0.05) is 32.7 Å². The van der Waals surface area contributed by atoms with Gasteiger partial charge >= 0.3 is 0 Å². The predicted octanol–water partition coefficient (Wildman–Crippen LogP) is 2.46. The van der Waals surface area contributed by atoms with Crippen molar-refractivity contribution in [1.29, 1.82) is 0 Å². The number of morpholine rings is 1. The summed E-state index contributed by atoms with van der Waals surface area (Å²) >= 11 is 0. The van der Waals surface area contributed by atoms with Crippen LogP contribution in [0.2, 0.25) is 0 Å². The summed E-state index contributed by atoms with van der Waals surface area (Å²) in [5, 5.41) is 6.93. The van der Waals surface area contributed by atoms with Crippen molar-refractivity contribution in [3.05, 3.63) is 0 Å². The highest BCUT2D eigenvalue weighted by molar-refractivity contribution is 14.0. The second-order valence-corrected chi connectivity index (χ2v) is 7.42.